The number of pyridine rings is 1. The normalized spacial score (nSPS) is 19.3. The zero-order chi connectivity index (χ0) is 19.8. The third-order valence-corrected chi connectivity index (χ3v) is 6.39. The highest BCUT2D eigenvalue weighted by Crippen LogP contribution is 2.42. The van der Waals surface area contributed by atoms with Gasteiger partial charge in [0, 0.05) is 34.3 Å². The molecule has 28 heavy (non-hydrogen) atoms. The van der Waals surface area contributed by atoms with E-state index in [0.29, 0.717) is 6.04 Å². The first-order valence-electron chi connectivity index (χ1n) is 9.41. The highest BCUT2D eigenvalue weighted by molar-refractivity contribution is 9.10. The molecule has 0 spiro atoms. The average molecular weight is 455 g/mol. The number of halogens is 1. The Labute approximate surface area is 179 Å². The van der Waals surface area contributed by atoms with Gasteiger partial charge in [-0.2, -0.15) is 0 Å². The molecule has 0 saturated carbocycles. The standard InChI is InChI=1S/C22H23BrN4S/c1-14(2)26-12-6-8-19(26)21-20(18-7-4-5-11-24-18)25-22(28)27(21)16-9-10-17(23)15(3)13-16/h4-14,20-21H,1-3H3,(H,25,28)/t20-,21+/m1/s1. The van der Waals surface area contributed by atoms with Gasteiger partial charge in [0.1, 0.15) is 6.04 Å². The van der Waals surface area contributed by atoms with Gasteiger partial charge < -0.3 is 14.8 Å². The van der Waals surface area contributed by atoms with E-state index in [1.54, 1.807) is 0 Å². The molecule has 144 valence electrons. The Morgan fingerprint density at radius 2 is 1.96 bits per heavy atom. The van der Waals surface area contributed by atoms with Crippen LogP contribution in [0.2, 0.25) is 0 Å². The SMILES string of the molecule is Cc1cc(N2C(=S)N[C@H](c3ccccn3)[C@@H]2c2cccn2C(C)C)ccc1Br. The number of nitrogens with one attached hydrogen (secondary N) is 1. The van der Waals surface area contributed by atoms with E-state index in [9.17, 15) is 0 Å². The highest BCUT2D eigenvalue weighted by atomic mass is 79.9. The lowest BCUT2D eigenvalue weighted by molar-refractivity contribution is 0.497. The highest BCUT2D eigenvalue weighted by Gasteiger charge is 2.42. The van der Waals surface area contributed by atoms with Crippen molar-refractivity contribution in [1.82, 2.24) is 14.9 Å². The Balaban J connectivity index is 1.87. The van der Waals surface area contributed by atoms with Crippen LogP contribution in [0.1, 0.15) is 48.9 Å². The fraction of sp³-hybridized carbons (Fsp3) is 0.273. The molecule has 2 aromatic heterocycles. The number of rotatable bonds is 4. The van der Waals surface area contributed by atoms with Gasteiger partial charge in [-0.1, -0.05) is 22.0 Å². The van der Waals surface area contributed by atoms with Crippen LogP contribution >= 0.6 is 28.1 Å². The summed E-state index contributed by atoms with van der Waals surface area (Å²) < 4.78 is 3.41. The van der Waals surface area contributed by atoms with Gasteiger partial charge in [0.05, 0.1) is 11.7 Å². The molecule has 0 amide bonds. The molecule has 0 unspecified atom stereocenters. The summed E-state index contributed by atoms with van der Waals surface area (Å²) in [6.07, 6.45) is 3.98. The lowest BCUT2D eigenvalue weighted by Gasteiger charge is -2.30. The van der Waals surface area contributed by atoms with Crippen LogP contribution in [0.25, 0.3) is 0 Å². The molecule has 3 heterocycles. The number of aromatic nitrogens is 2. The van der Waals surface area contributed by atoms with E-state index in [1.807, 2.05) is 18.3 Å². The summed E-state index contributed by atoms with van der Waals surface area (Å²) in [4.78, 5) is 6.85. The monoisotopic (exact) mass is 454 g/mol. The quantitative estimate of drug-likeness (QED) is 0.511. The molecule has 4 rings (SSSR count). The third-order valence-electron chi connectivity index (χ3n) is 5.19. The van der Waals surface area contributed by atoms with Crippen LogP contribution in [0.5, 0.6) is 0 Å². The predicted molar refractivity (Wildman–Crippen MR) is 122 cm³/mol. The molecular weight excluding hydrogens is 432 g/mol. The summed E-state index contributed by atoms with van der Waals surface area (Å²) in [5, 5.41) is 4.25. The van der Waals surface area contributed by atoms with Crippen molar-refractivity contribution in [3.63, 3.8) is 0 Å². The zero-order valence-corrected chi connectivity index (χ0v) is 18.5. The molecule has 0 bridgehead atoms. The van der Waals surface area contributed by atoms with E-state index in [4.69, 9.17) is 12.2 Å². The summed E-state index contributed by atoms with van der Waals surface area (Å²) >= 11 is 9.41. The third kappa shape index (κ3) is 3.35. The lowest BCUT2D eigenvalue weighted by Crippen LogP contribution is -2.30. The fourth-order valence-electron chi connectivity index (χ4n) is 3.84. The molecule has 1 fully saturated rings. The second-order valence-electron chi connectivity index (χ2n) is 7.36. The molecule has 1 saturated heterocycles. The van der Waals surface area contributed by atoms with Gasteiger partial charge in [0.2, 0.25) is 0 Å². The van der Waals surface area contributed by atoms with E-state index in [-0.39, 0.29) is 12.1 Å². The molecule has 1 aliphatic rings. The van der Waals surface area contributed by atoms with Crippen LogP contribution in [0.3, 0.4) is 0 Å². The number of nitrogens with zero attached hydrogens (tertiary/aromatic N) is 3. The molecular formula is C22H23BrN4S. The molecule has 3 aromatic rings. The van der Waals surface area contributed by atoms with Gasteiger partial charge in [0.15, 0.2) is 5.11 Å². The van der Waals surface area contributed by atoms with Crippen molar-refractivity contribution in [3.05, 3.63) is 82.3 Å². The number of anilines is 1. The van der Waals surface area contributed by atoms with Gasteiger partial charge in [-0.3, -0.25) is 4.98 Å². The zero-order valence-electron chi connectivity index (χ0n) is 16.1. The first-order valence-corrected chi connectivity index (χ1v) is 10.6. The van der Waals surface area contributed by atoms with Crippen molar-refractivity contribution in [3.8, 4) is 0 Å². The predicted octanol–water partition coefficient (Wildman–Crippen LogP) is 5.71. The van der Waals surface area contributed by atoms with Crippen LogP contribution in [-0.2, 0) is 0 Å². The van der Waals surface area contributed by atoms with Gasteiger partial charge >= 0.3 is 0 Å². The maximum atomic E-state index is 5.80. The number of thiocarbonyl (C=S) groups is 1. The van der Waals surface area contributed by atoms with Gasteiger partial charge in [-0.25, -0.2) is 0 Å². The smallest absolute Gasteiger partial charge is 0.174 e. The summed E-state index contributed by atoms with van der Waals surface area (Å²) in [6, 6.07) is 17.0. The molecule has 1 aliphatic heterocycles. The van der Waals surface area contributed by atoms with Crippen molar-refractivity contribution in [2.24, 2.45) is 0 Å². The topological polar surface area (TPSA) is 33.1 Å². The Kier molecular flexibility index (Phi) is 5.25. The van der Waals surface area contributed by atoms with Crippen molar-refractivity contribution in [2.75, 3.05) is 4.90 Å². The summed E-state index contributed by atoms with van der Waals surface area (Å²) in [6.45, 7) is 6.50. The van der Waals surface area contributed by atoms with Crippen LogP contribution < -0.4 is 10.2 Å². The molecule has 6 heteroatoms. The van der Waals surface area contributed by atoms with E-state index < -0.39 is 0 Å². The van der Waals surface area contributed by atoms with Crippen LogP contribution in [-0.4, -0.2) is 14.7 Å². The summed E-state index contributed by atoms with van der Waals surface area (Å²) in [5.74, 6) is 0. The fourth-order valence-corrected chi connectivity index (χ4v) is 4.43. The molecule has 1 aromatic carbocycles. The maximum absolute atomic E-state index is 5.80. The Bertz CT molecular complexity index is 999. The second-order valence-corrected chi connectivity index (χ2v) is 8.61. The van der Waals surface area contributed by atoms with Crippen LogP contribution in [0.15, 0.2) is 65.4 Å². The van der Waals surface area contributed by atoms with Gasteiger partial charge in [0.25, 0.3) is 0 Å². The van der Waals surface area contributed by atoms with E-state index in [2.05, 4.69) is 99.1 Å². The number of hydrogen-bond acceptors (Lipinski definition) is 2. The van der Waals surface area contributed by atoms with Crippen LogP contribution in [0, 0.1) is 6.92 Å². The lowest BCUT2D eigenvalue weighted by atomic mass is 10.0. The molecule has 0 aliphatic carbocycles. The number of aryl methyl sites for hydroxylation is 1. The van der Waals surface area contributed by atoms with Gasteiger partial charge in [-0.05, 0) is 81.0 Å². The van der Waals surface area contributed by atoms with Gasteiger partial charge in [-0.15, -0.1) is 0 Å². The number of benzene rings is 1. The molecule has 4 nitrogen and oxygen atoms in total. The Morgan fingerprint density at radius 1 is 1.14 bits per heavy atom. The summed E-state index contributed by atoms with van der Waals surface area (Å²) in [5.41, 5.74) is 4.47. The summed E-state index contributed by atoms with van der Waals surface area (Å²) in [7, 11) is 0. The molecule has 2 atom stereocenters. The van der Waals surface area contributed by atoms with Crippen molar-refractivity contribution >= 4 is 38.9 Å². The maximum Gasteiger partial charge on any atom is 0.174 e. The second kappa shape index (κ2) is 7.68. The van der Waals surface area contributed by atoms with E-state index in [1.165, 1.54) is 11.3 Å². The van der Waals surface area contributed by atoms with Crippen molar-refractivity contribution in [2.45, 2.75) is 38.9 Å². The minimum atomic E-state index is -0.0231. The molecule has 1 N–H and O–H groups in total. The minimum Gasteiger partial charge on any atom is -0.351 e. The van der Waals surface area contributed by atoms with E-state index >= 15 is 0 Å². The minimum absolute atomic E-state index is 0.0142. The Morgan fingerprint density at radius 3 is 2.64 bits per heavy atom. The largest absolute Gasteiger partial charge is 0.351 e. The number of hydrogen-bond donors (Lipinski definition) is 1. The average Bonchev–Trinajstić information content (AvgIpc) is 3.29. The van der Waals surface area contributed by atoms with Crippen LogP contribution in [0.4, 0.5) is 5.69 Å². The first-order chi connectivity index (χ1) is 13.5. The Hall–Kier alpha value is -2.18. The first kappa shape index (κ1) is 19.2. The van der Waals surface area contributed by atoms with E-state index in [0.717, 1.165) is 21.0 Å². The van der Waals surface area contributed by atoms with Crippen molar-refractivity contribution < 1.29 is 0 Å². The molecule has 0 radical (unpaired) electrons. The van der Waals surface area contributed by atoms with Crippen molar-refractivity contribution in [1.29, 1.82) is 0 Å².